The SMILES string of the molecule is NC(=O)c1cc(-c2c(Cl)cc(F)cc2Cl)c2ccccc2n1. The van der Waals surface area contributed by atoms with Gasteiger partial charge in [0.25, 0.3) is 5.91 Å². The Bertz CT molecular complexity index is 889. The van der Waals surface area contributed by atoms with Crippen molar-refractivity contribution in [1.29, 1.82) is 0 Å². The predicted molar refractivity (Wildman–Crippen MR) is 85.7 cm³/mol. The molecule has 110 valence electrons. The average molecular weight is 335 g/mol. The largest absolute Gasteiger partial charge is 0.364 e. The van der Waals surface area contributed by atoms with E-state index in [1.807, 2.05) is 12.1 Å². The van der Waals surface area contributed by atoms with E-state index in [0.29, 0.717) is 16.6 Å². The normalized spacial score (nSPS) is 10.9. The Morgan fingerprint density at radius 2 is 1.73 bits per heavy atom. The van der Waals surface area contributed by atoms with Gasteiger partial charge in [0.2, 0.25) is 0 Å². The molecule has 0 bridgehead atoms. The first kappa shape index (κ1) is 14.8. The summed E-state index contributed by atoms with van der Waals surface area (Å²) in [5.74, 6) is -1.20. The number of aromatic nitrogens is 1. The third-order valence-corrected chi connectivity index (χ3v) is 3.84. The van der Waals surface area contributed by atoms with E-state index in [1.165, 1.54) is 18.2 Å². The fourth-order valence-corrected chi connectivity index (χ4v) is 2.97. The van der Waals surface area contributed by atoms with E-state index in [4.69, 9.17) is 28.9 Å². The number of hydrogen-bond acceptors (Lipinski definition) is 2. The van der Waals surface area contributed by atoms with Crippen LogP contribution in [0.1, 0.15) is 10.5 Å². The predicted octanol–water partition coefficient (Wildman–Crippen LogP) is 4.45. The van der Waals surface area contributed by atoms with Gasteiger partial charge in [0.05, 0.1) is 15.6 Å². The van der Waals surface area contributed by atoms with Crippen LogP contribution in [0.15, 0.2) is 42.5 Å². The zero-order valence-corrected chi connectivity index (χ0v) is 12.6. The highest BCUT2D eigenvalue weighted by molar-refractivity contribution is 6.39. The van der Waals surface area contributed by atoms with Gasteiger partial charge >= 0.3 is 0 Å². The monoisotopic (exact) mass is 334 g/mol. The summed E-state index contributed by atoms with van der Waals surface area (Å²) in [6, 6.07) is 11.0. The summed E-state index contributed by atoms with van der Waals surface area (Å²) in [4.78, 5) is 15.7. The number of pyridine rings is 1. The molecule has 0 spiro atoms. The maximum atomic E-state index is 13.4. The second kappa shape index (κ2) is 5.55. The van der Waals surface area contributed by atoms with E-state index < -0.39 is 11.7 Å². The third kappa shape index (κ3) is 2.51. The second-order valence-corrected chi connectivity index (χ2v) is 5.50. The Kier molecular flexibility index (Phi) is 3.72. The number of primary amides is 1. The highest BCUT2D eigenvalue weighted by atomic mass is 35.5. The molecule has 2 aromatic carbocycles. The van der Waals surface area contributed by atoms with Gasteiger partial charge in [-0.05, 0) is 29.8 Å². The average Bonchev–Trinajstić information content (AvgIpc) is 2.45. The van der Waals surface area contributed by atoms with Crippen molar-refractivity contribution in [2.75, 3.05) is 0 Å². The number of fused-ring (bicyclic) bond motifs is 1. The summed E-state index contributed by atoms with van der Waals surface area (Å²) in [6.45, 7) is 0. The summed E-state index contributed by atoms with van der Waals surface area (Å²) in [5, 5.41) is 1.04. The first-order chi connectivity index (χ1) is 10.5. The van der Waals surface area contributed by atoms with Crippen molar-refractivity contribution in [1.82, 2.24) is 4.98 Å². The molecule has 0 saturated carbocycles. The summed E-state index contributed by atoms with van der Waals surface area (Å²) >= 11 is 12.3. The second-order valence-electron chi connectivity index (χ2n) is 4.68. The van der Waals surface area contributed by atoms with Crippen LogP contribution in [-0.2, 0) is 0 Å². The number of nitrogens with zero attached hydrogens (tertiary/aromatic N) is 1. The van der Waals surface area contributed by atoms with Gasteiger partial charge in [0.15, 0.2) is 0 Å². The molecular formula is C16H9Cl2FN2O. The van der Waals surface area contributed by atoms with Crippen molar-refractivity contribution in [2.24, 2.45) is 5.73 Å². The number of amides is 1. The molecule has 3 aromatic rings. The molecule has 0 aliphatic carbocycles. The molecule has 0 fully saturated rings. The number of nitrogens with two attached hydrogens (primary N) is 1. The topological polar surface area (TPSA) is 56.0 Å². The molecule has 3 rings (SSSR count). The van der Waals surface area contributed by atoms with Gasteiger partial charge in [-0.3, -0.25) is 4.79 Å². The van der Waals surface area contributed by atoms with Gasteiger partial charge in [-0.25, -0.2) is 9.37 Å². The van der Waals surface area contributed by atoms with Crippen LogP contribution in [0, 0.1) is 5.82 Å². The van der Waals surface area contributed by atoms with Crippen molar-refractivity contribution in [3.8, 4) is 11.1 Å². The molecule has 1 heterocycles. The molecule has 0 saturated heterocycles. The fourth-order valence-electron chi connectivity index (χ4n) is 2.31. The zero-order chi connectivity index (χ0) is 15.9. The Hall–Kier alpha value is -2.17. The molecule has 2 N–H and O–H groups in total. The smallest absolute Gasteiger partial charge is 0.267 e. The Balaban J connectivity index is 2.42. The molecule has 0 radical (unpaired) electrons. The van der Waals surface area contributed by atoms with E-state index >= 15 is 0 Å². The van der Waals surface area contributed by atoms with Crippen molar-refractivity contribution >= 4 is 40.0 Å². The number of hydrogen-bond donors (Lipinski definition) is 1. The lowest BCUT2D eigenvalue weighted by molar-refractivity contribution is 0.0996. The quantitative estimate of drug-likeness (QED) is 0.752. The van der Waals surface area contributed by atoms with Gasteiger partial charge in [0, 0.05) is 10.9 Å². The maximum absolute atomic E-state index is 13.4. The summed E-state index contributed by atoms with van der Waals surface area (Å²) < 4.78 is 13.4. The highest BCUT2D eigenvalue weighted by Crippen LogP contribution is 2.39. The van der Waals surface area contributed by atoms with E-state index in [9.17, 15) is 9.18 Å². The molecular weight excluding hydrogens is 326 g/mol. The standard InChI is InChI=1S/C16H9Cl2FN2O/c17-11-5-8(19)6-12(18)15(11)10-7-14(16(20)22)21-13-4-2-1-3-9(10)13/h1-7H,(H2,20,22). The molecule has 0 unspecified atom stereocenters. The number of rotatable bonds is 2. The molecule has 1 aromatic heterocycles. The van der Waals surface area contributed by atoms with Crippen molar-refractivity contribution in [3.63, 3.8) is 0 Å². The minimum absolute atomic E-state index is 0.0881. The van der Waals surface area contributed by atoms with Crippen LogP contribution in [0.25, 0.3) is 22.0 Å². The number of halogens is 3. The van der Waals surface area contributed by atoms with Crippen LogP contribution in [0.5, 0.6) is 0 Å². The minimum atomic E-state index is -0.665. The molecule has 6 heteroatoms. The highest BCUT2D eigenvalue weighted by Gasteiger charge is 2.16. The minimum Gasteiger partial charge on any atom is -0.364 e. The molecule has 0 aliphatic rings. The Morgan fingerprint density at radius 3 is 2.36 bits per heavy atom. The molecule has 22 heavy (non-hydrogen) atoms. The van der Waals surface area contributed by atoms with E-state index in [0.717, 1.165) is 5.39 Å². The van der Waals surface area contributed by atoms with E-state index in [1.54, 1.807) is 12.1 Å². The Morgan fingerprint density at radius 1 is 1.09 bits per heavy atom. The van der Waals surface area contributed by atoms with Crippen molar-refractivity contribution in [2.45, 2.75) is 0 Å². The van der Waals surface area contributed by atoms with Crippen LogP contribution in [0.3, 0.4) is 0 Å². The molecule has 1 amide bonds. The van der Waals surface area contributed by atoms with Gasteiger partial charge in [0.1, 0.15) is 11.5 Å². The summed E-state index contributed by atoms with van der Waals surface area (Å²) in [6.07, 6.45) is 0. The van der Waals surface area contributed by atoms with Gasteiger partial charge in [-0.1, -0.05) is 41.4 Å². The lowest BCUT2D eigenvalue weighted by Gasteiger charge is -2.12. The lowest BCUT2D eigenvalue weighted by Crippen LogP contribution is -2.13. The molecule has 3 nitrogen and oxygen atoms in total. The van der Waals surface area contributed by atoms with Crippen LogP contribution in [-0.4, -0.2) is 10.9 Å². The summed E-state index contributed by atoms with van der Waals surface area (Å²) in [5.41, 5.74) is 7.00. The number of carbonyl (C=O) groups excluding carboxylic acids is 1. The molecule has 0 atom stereocenters. The Labute approximate surface area is 135 Å². The number of para-hydroxylation sites is 1. The fraction of sp³-hybridized carbons (Fsp3) is 0. The lowest BCUT2D eigenvalue weighted by atomic mass is 9.99. The van der Waals surface area contributed by atoms with Crippen molar-refractivity contribution < 1.29 is 9.18 Å². The van der Waals surface area contributed by atoms with E-state index in [-0.39, 0.29) is 15.7 Å². The first-order valence-electron chi connectivity index (χ1n) is 6.32. The zero-order valence-electron chi connectivity index (χ0n) is 11.1. The third-order valence-electron chi connectivity index (χ3n) is 3.24. The van der Waals surface area contributed by atoms with Gasteiger partial charge in [-0.15, -0.1) is 0 Å². The van der Waals surface area contributed by atoms with Crippen molar-refractivity contribution in [3.05, 3.63) is 64.0 Å². The first-order valence-corrected chi connectivity index (χ1v) is 7.07. The van der Waals surface area contributed by atoms with Crippen LogP contribution < -0.4 is 5.73 Å². The number of benzene rings is 2. The van der Waals surface area contributed by atoms with Gasteiger partial charge in [-0.2, -0.15) is 0 Å². The van der Waals surface area contributed by atoms with E-state index in [2.05, 4.69) is 4.98 Å². The van der Waals surface area contributed by atoms with Crippen LogP contribution >= 0.6 is 23.2 Å². The van der Waals surface area contributed by atoms with Crippen LogP contribution in [0.4, 0.5) is 4.39 Å². The maximum Gasteiger partial charge on any atom is 0.267 e. The summed E-state index contributed by atoms with van der Waals surface area (Å²) in [7, 11) is 0. The van der Waals surface area contributed by atoms with Gasteiger partial charge < -0.3 is 5.73 Å². The molecule has 0 aliphatic heterocycles. The number of carbonyl (C=O) groups is 1. The van der Waals surface area contributed by atoms with Crippen LogP contribution in [0.2, 0.25) is 10.0 Å².